The molecule has 3 N–H and O–H groups in total. The third-order valence-corrected chi connectivity index (χ3v) is 5.32. The van der Waals surface area contributed by atoms with Crippen LogP contribution in [0.15, 0.2) is 60.7 Å². The molecule has 0 aliphatic rings. The highest BCUT2D eigenvalue weighted by Crippen LogP contribution is 2.30. The predicted molar refractivity (Wildman–Crippen MR) is 117 cm³/mol. The number of benzene rings is 2. The van der Waals surface area contributed by atoms with E-state index in [1.54, 1.807) is 0 Å². The van der Waals surface area contributed by atoms with Crippen LogP contribution in [0.1, 0.15) is 30.1 Å². The van der Waals surface area contributed by atoms with E-state index in [1.807, 2.05) is 61.6 Å². The third-order valence-electron chi connectivity index (χ3n) is 4.30. The van der Waals surface area contributed by atoms with Crippen LogP contribution in [0.25, 0.3) is 11.1 Å². The fourth-order valence-electron chi connectivity index (χ4n) is 2.84. The maximum atomic E-state index is 12.9. The zero-order valence-electron chi connectivity index (χ0n) is 15.7. The summed E-state index contributed by atoms with van der Waals surface area (Å²) in [7, 11) is 1.87. The van der Waals surface area contributed by atoms with Crippen LogP contribution in [0.5, 0.6) is 0 Å². The number of nitrogens with one attached hydrogen (secondary N) is 3. The van der Waals surface area contributed by atoms with Crippen molar-refractivity contribution in [3.63, 3.8) is 0 Å². The average molecular weight is 380 g/mol. The lowest BCUT2D eigenvalue weighted by Crippen LogP contribution is -2.13. The molecule has 0 atom stereocenters. The summed E-state index contributed by atoms with van der Waals surface area (Å²) < 4.78 is 0. The van der Waals surface area contributed by atoms with Crippen molar-refractivity contribution in [3.05, 3.63) is 66.2 Å². The fraction of sp³-hybridized carbons (Fsp3) is 0.227. The van der Waals surface area contributed by atoms with Gasteiger partial charge < -0.3 is 16.0 Å². The first kappa shape index (κ1) is 19.0. The Morgan fingerprint density at radius 1 is 1.00 bits per heavy atom. The van der Waals surface area contributed by atoms with E-state index in [9.17, 15) is 4.79 Å². The van der Waals surface area contributed by atoms with Gasteiger partial charge in [-0.2, -0.15) is 0 Å². The third kappa shape index (κ3) is 4.89. The lowest BCUT2D eigenvalue weighted by atomic mass is 9.98. The molecule has 2 aromatic carbocycles. The quantitative estimate of drug-likeness (QED) is 0.426. The maximum absolute atomic E-state index is 12.9. The van der Waals surface area contributed by atoms with Crippen LogP contribution in [0, 0.1) is 0 Å². The molecule has 0 spiro atoms. The van der Waals surface area contributed by atoms with Gasteiger partial charge in [0.1, 0.15) is 0 Å². The van der Waals surface area contributed by atoms with Crippen molar-refractivity contribution in [2.24, 2.45) is 0 Å². The van der Waals surface area contributed by atoms with Gasteiger partial charge in [0.05, 0.1) is 10.0 Å². The molecule has 1 amide bonds. The van der Waals surface area contributed by atoms with E-state index in [0.717, 1.165) is 46.2 Å². The number of anilines is 3. The number of hydrogen-bond acceptors (Lipinski definition) is 4. The van der Waals surface area contributed by atoms with Crippen LogP contribution in [0.4, 0.5) is 15.7 Å². The molecule has 5 heteroatoms. The number of amides is 1. The minimum absolute atomic E-state index is 0.0986. The number of thiophene rings is 1. The molecule has 1 aromatic heterocycles. The van der Waals surface area contributed by atoms with Gasteiger partial charge >= 0.3 is 0 Å². The molecule has 1 heterocycles. The van der Waals surface area contributed by atoms with Crippen molar-refractivity contribution in [1.82, 2.24) is 0 Å². The Hall–Kier alpha value is -2.79. The van der Waals surface area contributed by atoms with Gasteiger partial charge in [0, 0.05) is 24.8 Å². The van der Waals surface area contributed by atoms with E-state index >= 15 is 0 Å². The summed E-state index contributed by atoms with van der Waals surface area (Å²) in [6.45, 7) is 3.10. The molecule has 0 unspecified atom stereocenters. The zero-order valence-corrected chi connectivity index (χ0v) is 16.5. The van der Waals surface area contributed by atoms with Crippen LogP contribution in [-0.4, -0.2) is 19.5 Å². The van der Waals surface area contributed by atoms with Gasteiger partial charge in [-0.1, -0.05) is 43.7 Å². The first-order valence-electron chi connectivity index (χ1n) is 9.23. The Morgan fingerprint density at radius 2 is 1.78 bits per heavy atom. The normalized spacial score (nSPS) is 10.4. The molecule has 0 radical (unpaired) electrons. The first-order chi connectivity index (χ1) is 13.2. The zero-order chi connectivity index (χ0) is 19.1. The largest absolute Gasteiger partial charge is 0.385 e. The summed E-state index contributed by atoms with van der Waals surface area (Å²) in [6, 6.07) is 19.8. The van der Waals surface area contributed by atoms with Crippen molar-refractivity contribution in [2.75, 3.05) is 29.5 Å². The summed E-state index contributed by atoms with van der Waals surface area (Å²) in [4.78, 5) is 12.9. The van der Waals surface area contributed by atoms with E-state index in [4.69, 9.17) is 0 Å². The Balaban J connectivity index is 1.89. The molecule has 0 aliphatic heterocycles. The lowest BCUT2D eigenvalue weighted by Gasteiger charge is -2.13. The smallest absolute Gasteiger partial charge is 0.256 e. The average Bonchev–Trinajstić information content (AvgIpc) is 3.16. The van der Waals surface area contributed by atoms with Crippen LogP contribution in [0.2, 0.25) is 0 Å². The van der Waals surface area contributed by atoms with Gasteiger partial charge in [0.15, 0.2) is 0 Å². The first-order valence-corrected chi connectivity index (χ1v) is 10.0. The fourth-order valence-corrected chi connectivity index (χ4v) is 3.59. The highest BCUT2D eigenvalue weighted by Gasteiger charge is 2.15. The second-order valence-electron chi connectivity index (χ2n) is 6.27. The molecule has 3 aromatic rings. The second-order valence-corrected chi connectivity index (χ2v) is 7.36. The molecular weight excluding hydrogens is 354 g/mol. The summed E-state index contributed by atoms with van der Waals surface area (Å²) in [5.74, 6) is -0.0986. The van der Waals surface area contributed by atoms with Crippen LogP contribution in [0.3, 0.4) is 0 Å². The Bertz CT molecular complexity index is 890. The van der Waals surface area contributed by atoms with E-state index in [-0.39, 0.29) is 5.91 Å². The SMILES string of the molecule is CCCCNc1ccc(C(=O)Nc2ccc(NC)s2)c(-c2ccccc2)c1. The van der Waals surface area contributed by atoms with Gasteiger partial charge in [-0.3, -0.25) is 4.79 Å². The van der Waals surface area contributed by atoms with E-state index < -0.39 is 0 Å². The predicted octanol–water partition coefficient (Wildman–Crippen LogP) is 5.92. The molecule has 3 rings (SSSR count). The van der Waals surface area contributed by atoms with Crippen molar-refractivity contribution in [2.45, 2.75) is 19.8 Å². The standard InChI is InChI=1S/C22H25N3OS/c1-3-4-14-24-17-10-11-18(19(15-17)16-8-6-5-7-9-16)22(26)25-21-13-12-20(23-2)27-21/h5-13,15,23-24H,3-4,14H2,1-2H3,(H,25,26). The molecule has 140 valence electrons. The van der Waals surface area contributed by atoms with E-state index in [0.29, 0.717) is 5.56 Å². The molecule has 27 heavy (non-hydrogen) atoms. The number of carbonyl (C=O) groups is 1. The number of hydrogen-bond donors (Lipinski definition) is 3. The van der Waals surface area contributed by atoms with Crippen molar-refractivity contribution in [3.8, 4) is 11.1 Å². The monoisotopic (exact) mass is 379 g/mol. The summed E-state index contributed by atoms with van der Waals surface area (Å²) in [5, 5.41) is 11.4. The molecule has 0 aliphatic carbocycles. The van der Waals surface area contributed by atoms with Gasteiger partial charge in [-0.05, 0) is 47.9 Å². The van der Waals surface area contributed by atoms with Crippen LogP contribution < -0.4 is 16.0 Å². The minimum atomic E-state index is -0.0986. The molecule has 0 saturated carbocycles. The van der Waals surface area contributed by atoms with Gasteiger partial charge in [-0.25, -0.2) is 0 Å². The lowest BCUT2D eigenvalue weighted by molar-refractivity contribution is 0.102. The topological polar surface area (TPSA) is 53.2 Å². The van der Waals surface area contributed by atoms with Crippen molar-refractivity contribution >= 4 is 32.9 Å². The van der Waals surface area contributed by atoms with Gasteiger partial charge in [0.25, 0.3) is 5.91 Å². The maximum Gasteiger partial charge on any atom is 0.256 e. The van der Waals surface area contributed by atoms with Crippen LogP contribution in [-0.2, 0) is 0 Å². The molecule has 0 saturated heterocycles. The van der Waals surface area contributed by atoms with Crippen molar-refractivity contribution < 1.29 is 4.79 Å². The van der Waals surface area contributed by atoms with Gasteiger partial charge in [-0.15, -0.1) is 11.3 Å². The Labute approximate surface area is 164 Å². The Morgan fingerprint density at radius 3 is 2.48 bits per heavy atom. The number of carbonyl (C=O) groups excluding carboxylic acids is 1. The summed E-state index contributed by atoms with van der Waals surface area (Å²) in [5.41, 5.74) is 3.66. The highest BCUT2D eigenvalue weighted by molar-refractivity contribution is 7.20. The van der Waals surface area contributed by atoms with Crippen molar-refractivity contribution in [1.29, 1.82) is 0 Å². The summed E-state index contributed by atoms with van der Waals surface area (Å²) >= 11 is 1.52. The molecule has 4 nitrogen and oxygen atoms in total. The molecular formula is C22H25N3OS. The van der Waals surface area contributed by atoms with E-state index in [2.05, 4.69) is 28.9 Å². The number of rotatable bonds is 8. The molecule has 0 bridgehead atoms. The highest BCUT2D eigenvalue weighted by atomic mass is 32.1. The Kier molecular flexibility index (Phi) is 6.49. The van der Waals surface area contributed by atoms with Crippen LogP contribution >= 0.6 is 11.3 Å². The minimum Gasteiger partial charge on any atom is -0.385 e. The van der Waals surface area contributed by atoms with Gasteiger partial charge in [0.2, 0.25) is 0 Å². The number of unbranched alkanes of at least 4 members (excludes halogenated alkanes) is 1. The summed E-state index contributed by atoms with van der Waals surface area (Å²) in [6.07, 6.45) is 2.27. The second kappa shape index (κ2) is 9.24. The van der Waals surface area contributed by atoms with E-state index in [1.165, 1.54) is 11.3 Å². The molecule has 0 fully saturated rings.